The van der Waals surface area contributed by atoms with E-state index < -0.39 is 63.7 Å². The Kier molecular flexibility index (Phi) is 6.62. The highest BCUT2D eigenvalue weighted by Crippen LogP contribution is 2.51. The molecular weight excluding hydrogens is 539 g/mol. The van der Waals surface area contributed by atoms with Crippen LogP contribution in [-0.2, 0) is 18.8 Å². The maximum atomic E-state index is 14.4. The maximum absolute atomic E-state index is 14.4. The van der Waals surface area contributed by atoms with E-state index in [4.69, 9.17) is 9.52 Å². The predicted molar refractivity (Wildman–Crippen MR) is 124 cm³/mol. The minimum atomic E-state index is -5.47. The minimum absolute atomic E-state index is 0.0927. The molecule has 1 heterocycles. The van der Waals surface area contributed by atoms with Gasteiger partial charge in [-0.05, 0) is 52.6 Å². The molecule has 0 spiro atoms. The Labute approximate surface area is 214 Å². The summed E-state index contributed by atoms with van der Waals surface area (Å²) < 4.78 is 106. The van der Waals surface area contributed by atoms with E-state index in [0.717, 1.165) is 54.0 Å². The van der Waals surface area contributed by atoms with Gasteiger partial charge in [0, 0.05) is 13.0 Å². The Morgan fingerprint density at radius 1 is 0.949 bits per heavy atom. The van der Waals surface area contributed by atoms with E-state index >= 15 is 0 Å². The van der Waals surface area contributed by atoms with Crippen molar-refractivity contribution in [3.8, 4) is 11.1 Å². The number of rotatable bonds is 5. The van der Waals surface area contributed by atoms with Crippen molar-refractivity contribution in [2.45, 2.75) is 30.8 Å². The molecule has 0 saturated heterocycles. The highest BCUT2D eigenvalue weighted by atomic mass is 19.4. The largest absolute Gasteiger partial charge is 0.478 e. The fraction of sp³-hybridized carbons (Fsp3) is 0.231. The van der Waals surface area contributed by atoms with Gasteiger partial charge in [0.15, 0.2) is 11.2 Å². The molecule has 0 amide bonds. The zero-order valence-electron chi connectivity index (χ0n) is 20.0. The standard InChI is InChI=1S/C26H18F7NO5/c1-12(24(38,26(31,32)33)15-5-8-21-20(11-15)34(2)23(37)39-21)16-6-3-13(9-18(16)25(28,29)30)14-4-7-17(22(35)36)19(27)10-14/h3-12,38H,1-2H3,(H,35,36)/t12-,24-/m1/s1. The van der Waals surface area contributed by atoms with Crippen molar-refractivity contribution in [2.24, 2.45) is 7.05 Å². The third-order valence-corrected chi connectivity index (χ3v) is 6.65. The van der Waals surface area contributed by atoms with Crippen LogP contribution in [0.4, 0.5) is 30.7 Å². The van der Waals surface area contributed by atoms with Gasteiger partial charge in [-0.2, -0.15) is 26.3 Å². The molecule has 2 atom stereocenters. The first-order valence-electron chi connectivity index (χ1n) is 11.1. The first-order chi connectivity index (χ1) is 18.0. The van der Waals surface area contributed by atoms with Gasteiger partial charge in [-0.1, -0.05) is 31.2 Å². The lowest BCUT2D eigenvalue weighted by Crippen LogP contribution is -2.47. The fourth-order valence-corrected chi connectivity index (χ4v) is 4.47. The third kappa shape index (κ3) is 4.67. The van der Waals surface area contributed by atoms with Crippen molar-refractivity contribution >= 4 is 17.1 Å². The molecule has 39 heavy (non-hydrogen) atoms. The topological polar surface area (TPSA) is 92.7 Å². The van der Waals surface area contributed by atoms with E-state index in [9.17, 15) is 45.4 Å². The molecule has 0 aliphatic rings. The zero-order chi connectivity index (χ0) is 29.1. The van der Waals surface area contributed by atoms with Gasteiger partial charge in [0.2, 0.25) is 0 Å². The number of aromatic nitrogens is 1. The molecule has 0 aliphatic heterocycles. The quantitative estimate of drug-likeness (QED) is 0.285. The molecule has 13 heteroatoms. The Balaban J connectivity index is 1.90. The number of nitrogens with zero attached hydrogens (tertiary/aromatic N) is 1. The highest BCUT2D eigenvalue weighted by Gasteiger charge is 2.59. The Bertz CT molecular complexity index is 1650. The highest BCUT2D eigenvalue weighted by molar-refractivity contribution is 5.88. The van der Waals surface area contributed by atoms with Crippen LogP contribution < -0.4 is 5.76 Å². The summed E-state index contributed by atoms with van der Waals surface area (Å²) >= 11 is 0. The number of halogens is 7. The lowest BCUT2D eigenvalue weighted by atomic mass is 9.75. The van der Waals surface area contributed by atoms with Gasteiger partial charge in [-0.15, -0.1) is 0 Å². The Hall–Kier alpha value is -4.13. The number of hydrogen-bond acceptors (Lipinski definition) is 4. The van der Waals surface area contributed by atoms with Crippen LogP contribution in [-0.4, -0.2) is 26.9 Å². The van der Waals surface area contributed by atoms with Crippen LogP contribution in [0.25, 0.3) is 22.2 Å². The zero-order valence-corrected chi connectivity index (χ0v) is 20.0. The first kappa shape index (κ1) is 27.9. The van der Waals surface area contributed by atoms with Crippen LogP contribution >= 0.6 is 0 Å². The van der Waals surface area contributed by atoms with Crippen molar-refractivity contribution in [2.75, 3.05) is 0 Å². The van der Waals surface area contributed by atoms with Gasteiger partial charge in [0.25, 0.3) is 0 Å². The molecule has 3 aromatic carbocycles. The van der Waals surface area contributed by atoms with Gasteiger partial charge in [-0.3, -0.25) is 4.57 Å². The van der Waals surface area contributed by atoms with Crippen molar-refractivity contribution in [1.82, 2.24) is 4.57 Å². The van der Waals surface area contributed by atoms with Crippen LogP contribution in [0, 0.1) is 5.82 Å². The van der Waals surface area contributed by atoms with Crippen LogP contribution in [0.15, 0.2) is 63.8 Å². The maximum Gasteiger partial charge on any atom is 0.422 e. The third-order valence-electron chi connectivity index (χ3n) is 6.65. The van der Waals surface area contributed by atoms with Crippen LogP contribution in [0.1, 0.15) is 39.9 Å². The Morgan fingerprint density at radius 3 is 2.13 bits per heavy atom. The second-order valence-corrected chi connectivity index (χ2v) is 8.89. The first-order valence-corrected chi connectivity index (χ1v) is 11.1. The van der Waals surface area contributed by atoms with E-state index in [2.05, 4.69) is 0 Å². The summed E-state index contributed by atoms with van der Waals surface area (Å²) in [6.45, 7) is 0.775. The van der Waals surface area contributed by atoms with Crippen molar-refractivity contribution in [3.63, 3.8) is 0 Å². The molecule has 2 N–H and O–H groups in total. The molecule has 0 bridgehead atoms. The number of aromatic carboxylic acids is 1. The minimum Gasteiger partial charge on any atom is -0.478 e. The van der Waals surface area contributed by atoms with E-state index in [1.807, 2.05) is 0 Å². The van der Waals surface area contributed by atoms with Gasteiger partial charge >= 0.3 is 24.1 Å². The normalized spacial score (nSPS) is 14.8. The van der Waals surface area contributed by atoms with E-state index in [-0.39, 0.29) is 22.2 Å². The van der Waals surface area contributed by atoms with Crippen molar-refractivity contribution in [3.05, 3.63) is 93.2 Å². The van der Waals surface area contributed by atoms with Gasteiger partial charge in [-0.25, -0.2) is 14.0 Å². The molecule has 4 aromatic rings. The number of carboxylic acids is 1. The number of carboxylic acid groups (broad SMARTS) is 1. The second kappa shape index (κ2) is 9.26. The molecule has 6 nitrogen and oxygen atoms in total. The van der Waals surface area contributed by atoms with Gasteiger partial charge < -0.3 is 14.6 Å². The average molecular weight is 557 g/mol. The van der Waals surface area contributed by atoms with Gasteiger partial charge in [0.1, 0.15) is 5.82 Å². The number of alkyl halides is 6. The number of benzene rings is 3. The average Bonchev–Trinajstić information content (AvgIpc) is 3.13. The summed E-state index contributed by atoms with van der Waals surface area (Å²) in [6.07, 6.45) is -10.7. The molecule has 0 unspecified atom stereocenters. The number of carbonyl (C=O) groups is 1. The molecule has 0 saturated carbocycles. The summed E-state index contributed by atoms with van der Waals surface area (Å²) in [6, 6.07) is 7.48. The summed E-state index contributed by atoms with van der Waals surface area (Å²) in [5, 5.41) is 20.0. The number of fused-ring (bicyclic) bond motifs is 1. The molecule has 4 rings (SSSR count). The predicted octanol–water partition coefficient (Wildman–Crippen LogP) is 6.21. The van der Waals surface area contributed by atoms with Crippen LogP contribution in [0.5, 0.6) is 0 Å². The van der Waals surface area contributed by atoms with Crippen LogP contribution in [0.2, 0.25) is 0 Å². The van der Waals surface area contributed by atoms with Gasteiger partial charge in [0.05, 0.1) is 16.6 Å². The Morgan fingerprint density at radius 2 is 1.56 bits per heavy atom. The molecule has 1 aromatic heterocycles. The fourth-order valence-electron chi connectivity index (χ4n) is 4.47. The van der Waals surface area contributed by atoms with Crippen molar-refractivity contribution in [1.29, 1.82) is 0 Å². The lowest BCUT2D eigenvalue weighted by molar-refractivity contribution is -0.275. The summed E-state index contributed by atoms with van der Waals surface area (Å²) in [5.41, 5.74) is -8.43. The molecule has 0 aliphatic carbocycles. The second-order valence-electron chi connectivity index (χ2n) is 8.89. The SMILES string of the molecule is C[C@H](c1ccc(-c2ccc(C(=O)O)c(F)c2)cc1C(F)(F)F)[C@@](O)(c1ccc2oc(=O)n(C)c2c1)C(F)(F)F. The summed E-state index contributed by atoms with van der Waals surface area (Å²) in [4.78, 5) is 22.8. The summed E-state index contributed by atoms with van der Waals surface area (Å²) in [7, 11) is 1.21. The molecule has 206 valence electrons. The van der Waals surface area contributed by atoms with Crippen LogP contribution in [0.3, 0.4) is 0 Å². The lowest BCUT2D eigenvalue weighted by Gasteiger charge is -2.37. The van der Waals surface area contributed by atoms with E-state index in [1.165, 1.54) is 7.05 Å². The number of oxazole rings is 1. The summed E-state index contributed by atoms with van der Waals surface area (Å²) in [5.74, 6) is -5.94. The molecule has 0 radical (unpaired) electrons. The number of aryl methyl sites for hydroxylation is 1. The smallest absolute Gasteiger partial charge is 0.422 e. The van der Waals surface area contributed by atoms with Crippen molar-refractivity contribution < 1.29 is 50.2 Å². The monoisotopic (exact) mass is 557 g/mol. The number of hydrogen-bond donors (Lipinski definition) is 2. The van der Waals surface area contributed by atoms with E-state index in [1.54, 1.807) is 0 Å². The molecule has 0 fully saturated rings. The molecular formula is C26H18F7NO5. The number of aliphatic hydroxyl groups is 1. The van der Waals surface area contributed by atoms with E-state index in [0.29, 0.717) is 12.1 Å².